The number of allylic oxidation sites excluding steroid dienone is 6. The summed E-state index contributed by atoms with van der Waals surface area (Å²) in [5, 5.41) is 20.0. The Labute approximate surface area is 407 Å². The Balaban J connectivity index is 1.11. The molecule has 0 aromatic heterocycles. The highest BCUT2D eigenvalue weighted by molar-refractivity contribution is 7.85. The van der Waals surface area contributed by atoms with Gasteiger partial charge in [-0.05, 0) is 126 Å². The third kappa shape index (κ3) is 11.6. The number of rotatable bonds is 21. The van der Waals surface area contributed by atoms with Crippen molar-refractivity contribution in [1.82, 2.24) is 10.6 Å². The Morgan fingerprint density at radius 3 is 2.42 bits per heavy atom. The Kier molecular flexibility index (Phi) is 16.6. The van der Waals surface area contributed by atoms with E-state index in [2.05, 4.69) is 81.3 Å². The van der Waals surface area contributed by atoms with Crippen molar-refractivity contribution in [3.63, 3.8) is 0 Å². The van der Waals surface area contributed by atoms with Crippen molar-refractivity contribution in [2.75, 3.05) is 50.8 Å². The Bertz CT molecular complexity index is 2750. The van der Waals surface area contributed by atoms with Crippen molar-refractivity contribution in [3.05, 3.63) is 122 Å². The van der Waals surface area contributed by atoms with Crippen LogP contribution in [-0.2, 0) is 41.7 Å². The molecule has 3 aliphatic rings. The molecule has 4 N–H and O–H groups in total. The first-order chi connectivity index (χ1) is 32.6. The van der Waals surface area contributed by atoms with Crippen LogP contribution in [0.3, 0.4) is 0 Å². The van der Waals surface area contributed by atoms with Crippen LogP contribution in [0.1, 0.15) is 112 Å². The quantitative estimate of drug-likeness (QED) is 0.0152. The van der Waals surface area contributed by atoms with Gasteiger partial charge in [-0.3, -0.25) is 14.1 Å². The number of phenolic OH excluding ortho intramolecular Hbond substituents is 1. The summed E-state index contributed by atoms with van der Waals surface area (Å²) in [6, 6.07) is 11.3. The second-order valence-electron chi connectivity index (χ2n) is 19.6. The number of anilines is 1. The predicted octanol–water partition coefficient (Wildman–Crippen LogP) is 9.34. The number of aryl methyl sites for hydroxylation is 1. The number of nitrogens with one attached hydrogen (secondary N) is 2. The van der Waals surface area contributed by atoms with E-state index < -0.39 is 21.1 Å². The van der Waals surface area contributed by atoms with Crippen molar-refractivity contribution >= 4 is 39.0 Å². The third-order valence-corrected chi connectivity index (χ3v) is 14.9. The van der Waals surface area contributed by atoms with Crippen molar-refractivity contribution in [2.24, 2.45) is 5.11 Å². The van der Waals surface area contributed by atoms with E-state index in [9.17, 15) is 27.7 Å². The summed E-state index contributed by atoms with van der Waals surface area (Å²) >= 11 is 0. The number of nitrogens with zero attached hydrogens (tertiary/aromatic N) is 5. The van der Waals surface area contributed by atoms with Crippen molar-refractivity contribution < 1.29 is 41.7 Å². The van der Waals surface area contributed by atoms with E-state index >= 15 is 0 Å². The molecule has 3 heterocycles. The average molecular weight is 965 g/mol. The monoisotopic (exact) mass is 965 g/mol. The highest BCUT2D eigenvalue weighted by Crippen LogP contribution is 2.48. The fourth-order valence-corrected chi connectivity index (χ4v) is 10.3. The molecule has 1 atom stereocenters. The van der Waals surface area contributed by atoms with Gasteiger partial charge in [-0.1, -0.05) is 54.9 Å². The minimum atomic E-state index is -4.41. The number of amides is 2. The molecular formula is C53H70N7O8S+. The van der Waals surface area contributed by atoms with E-state index in [0.717, 1.165) is 63.4 Å². The van der Waals surface area contributed by atoms with Crippen LogP contribution in [0, 0.1) is 27.7 Å². The molecule has 0 saturated heterocycles. The lowest BCUT2D eigenvalue weighted by Gasteiger charge is -2.36. The fraction of sp³-hybridized carbons (Fsp3) is 0.491. The molecule has 2 amide bonds. The summed E-state index contributed by atoms with van der Waals surface area (Å²) in [6.07, 6.45) is 14.6. The maximum Gasteiger partial charge on any atom is 0.294 e. The number of ether oxygens (including phenoxy) is 2. The van der Waals surface area contributed by atoms with Gasteiger partial charge in [0.05, 0.1) is 23.5 Å². The zero-order valence-electron chi connectivity index (χ0n) is 41.7. The lowest BCUT2D eigenvalue weighted by molar-refractivity contribution is -0.438. The molecule has 3 aliphatic heterocycles. The maximum absolute atomic E-state index is 13.5. The molecule has 0 saturated carbocycles. The van der Waals surface area contributed by atoms with Gasteiger partial charge < -0.3 is 30.1 Å². The standard InChI is InChI=1S/C53H69N7O8S/c1-35-20-22-43-41(33-35)51(5,6)46(60(43)30-32-67-31-28-56-50(63)53(9)25-24-40-38(4)48(62)36(2)37(3)49(40)68-53)18-13-10-12-17-45-52(7,8)42-34-39(69(64,65)66)21-23-44(42)59(45)29-15-11-14-19-47(61)55-26-16-27-57-58-54/h10,12-13,17-18,20-23,33-34H,11,14-16,19,24-32H2,1-9H3,(H3-,55,56,61,62,63,64,65,66)/p+1. The van der Waals surface area contributed by atoms with Crippen molar-refractivity contribution in [3.8, 4) is 11.5 Å². The Morgan fingerprint density at radius 2 is 1.68 bits per heavy atom. The molecule has 0 spiro atoms. The molecule has 6 rings (SSSR count). The van der Waals surface area contributed by atoms with Crippen LogP contribution >= 0.6 is 0 Å². The Hall–Kier alpha value is -5.93. The van der Waals surface area contributed by atoms with Crippen LogP contribution in [0.25, 0.3) is 10.4 Å². The predicted molar refractivity (Wildman–Crippen MR) is 271 cm³/mol. The molecule has 16 heteroatoms. The summed E-state index contributed by atoms with van der Waals surface area (Å²) in [7, 11) is -4.41. The minimum absolute atomic E-state index is 0.0375. The molecule has 0 aliphatic carbocycles. The number of hydrogen-bond acceptors (Lipinski definition) is 9. The van der Waals surface area contributed by atoms with Crippen LogP contribution in [0.15, 0.2) is 82.5 Å². The lowest BCUT2D eigenvalue weighted by Crippen LogP contribution is -2.51. The van der Waals surface area contributed by atoms with E-state index in [0.29, 0.717) is 83.8 Å². The first-order valence-electron chi connectivity index (χ1n) is 24.0. The van der Waals surface area contributed by atoms with E-state index in [-0.39, 0.29) is 27.9 Å². The number of carbonyl (C=O) groups is 2. The molecule has 370 valence electrons. The lowest BCUT2D eigenvalue weighted by atomic mass is 9.81. The first-order valence-corrected chi connectivity index (χ1v) is 25.4. The van der Waals surface area contributed by atoms with Gasteiger partial charge in [0.2, 0.25) is 11.6 Å². The van der Waals surface area contributed by atoms with Crippen molar-refractivity contribution in [1.29, 1.82) is 0 Å². The fourth-order valence-electron chi connectivity index (χ4n) is 9.78. The number of azide groups is 1. The van der Waals surface area contributed by atoms with Crippen LogP contribution in [0.5, 0.6) is 11.5 Å². The Morgan fingerprint density at radius 1 is 0.913 bits per heavy atom. The normalized spacial score (nSPS) is 18.6. The largest absolute Gasteiger partial charge is 0.507 e. The summed E-state index contributed by atoms with van der Waals surface area (Å²) in [4.78, 5) is 30.7. The molecule has 1 unspecified atom stereocenters. The number of hydrogen-bond donors (Lipinski definition) is 4. The number of carbonyl (C=O) groups excluding carboxylic acids is 2. The van der Waals surface area contributed by atoms with Gasteiger partial charge in [0.25, 0.3) is 16.0 Å². The van der Waals surface area contributed by atoms with Crippen LogP contribution < -0.4 is 20.3 Å². The topological polar surface area (TPSA) is 206 Å². The van der Waals surface area contributed by atoms with Gasteiger partial charge in [-0.25, -0.2) is 0 Å². The summed E-state index contributed by atoms with van der Waals surface area (Å²) < 4.78 is 49.0. The average Bonchev–Trinajstić information content (AvgIpc) is 3.64. The zero-order valence-corrected chi connectivity index (χ0v) is 42.6. The molecule has 3 aromatic carbocycles. The molecular weight excluding hydrogens is 895 g/mol. The smallest absolute Gasteiger partial charge is 0.294 e. The first kappa shape index (κ1) is 52.4. The molecule has 15 nitrogen and oxygen atoms in total. The van der Waals surface area contributed by atoms with E-state index in [1.54, 1.807) is 12.1 Å². The highest BCUT2D eigenvalue weighted by atomic mass is 32.2. The molecule has 69 heavy (non-hydrogen) atoms. The second-order valence-corrected chi connectivity index (χ2v) is 21.0. The zero-order chi connectivity index (χ0) is 50.3. The van der Waals surface area contributed by atoms with Crippen LogP contribution in [0.2, 0.25) is 0 Å². The van der Waals surface area contributed by atoms with Gasteiger partial charge in [-0.2, -0.15) is 13.0 Å². The van der Waals surface area contributed by atoms with Gasteiger partial charge in [0.15, 0.2) is 11.3 Å². The van der Waals surface area contributed by atoms with Crippen LogP contribution in [-0.4, -0.2) is 91.7 Å². The maximum atomic E-state index is 13.5. The van der Waals surface area contributed by atoms with Crippen LogP contribution in [0.4, 0.5) is 11.4 Å². The number of phenols is 1. The summed E-state index contributed by atoms with van der Waals surface area (Å²) in [5.41, 5.74) is 17.2. The van der Waals surface area contributed by atoms with Gasteiger partial charge >= 0.3 is 0 Å². The van der Waals surface area contributed by atoms with Crippen molar-refractivity contribution in [2.45, 2.75) is 129 Å². The number of fused-ring (bicyclic) bond motifs is 3. The van der Waals surface area contributed by atoms with E-state index in [1.807, 2.05) is 59.8 Å². The molecule has 0 radical (unpaired) electrons. The van der Waals surface area contributed by atoms with Gasteiger partial charge in [0.1, 0.15) is 18.0 Å². The minimum Gasteiger partial charge on any atom is -0.507 e. The molecule has 0 bridgehead atoms. The number of unbranched alkanes of at least 4 members (excludes halogenated alkanes) is 2. The third-order valence-electron chi connectivity index (χ3n) is 14.0. The highest BCUT2D eigenvalue weighted by Gasteiger charge is 2.45. The molecule has 0 fully saturated rings. The summed E-state index contributed by atoms with van der Waals surface area (Å²) in [6.45, 7) is 21.3. The summed E-state index contributed by atoms with van der Waals surface area (Å²) in [5.74, 6) is 0.742. The molecule has 3 aromatic rings. The SMILES string of the molecule is Cc1ccc2c(c1)C(C)(C)C(=CC=CC=CC1=[N+](CCCCCC(=O)NCCCN=[N+]=[N-])c3ccc(S(=O)(=O)O)cc3C1(C)C)N2CCOCCNC(=O)C1(C)CCc2c(C)c(O)c(C)c(C)c2O1. The van der Waals surface area contributed by atoms with E-state index in [1.165, 1.54) is 17.2 Å². The second kappa shape index (κ2) is 21.8. The van der Waals surface area contributed by atoms with Gasteiger partial charge in [0, 0.05) is 90.4 Å². The number of aromatic hydroxyl groups is 1. The number of benzene rings is 3. The van der Waals surface area contributed by atoms with E-state index in [4.69, 9.17) is 15.0 Å². The van der Waals surface area contributed by atoms with Gasteiger partial charge in [-0.15, -0.1) is 0 Å².